The first-order chi connectivity index (χ1) is 5.74. The van der Waals surface area contributed by atoms with Crippen LogP contribution in [0.4, 0.5) is 0 Å². The van der Waals surface area contributed by atoms with Gasteiger partial charge in [-0.3, -0.25) is 9.36 Å². The Labute approximate surface area is 74.8 Å². The molecule has 0 bridgehead atoms. The minimum absolute atomic E-state index is 0.202. The molecule has 0 saturated carbocycles. The summed E-state index contributed by atoms with van der Waals surface area (Å²) in [6.07, 6.45) is 1.36. The normalized spacial score (nSPS) is 10.2. The zero-order chi connectivity index (χ0) is 8.97. The number of halogens is 1. The van der Waals surface area contributed by atoms with Crippen molar-refractivity contribution in [2.45, 2.75) is 13.7 Å². The average Bonchev–Trinajstić information content (AvgIpc) is 2.03. The first kappa shape index (κ1) is 9.22. The van der Waals surface area contributed by atoms with Crippen molar-refractivity contribution in [2.24, 2.45) is 0 Å². The Morgan fingerprint density at radius 2 is 2.50 bits per heavy atom. The van der Waals surface area contributed by atoms with Gasteiger partial charge in [-0.25, -0.2) is 4.98 Å². The van der Waals surface area contributed by atoms with Gasteiger partial charge >= 0.3 is 0 Å². The van der Waals surface area contributed by atoms with Gasteiger partial charge < -0.3 is 4.74 Å². The fourth-order valence-corrected chi connectivity index (χ4v) is 0.827. The predicted octanol–water partition coefficient (Wildman–Crippen LogP) is 0.891. The molecule has 0 aliphatic rings. The van der Waals surface area contributed by atoms with Crippen molar-refractivity contribution in [1.82, 2.24) is 9.55 Å². The molecule has 1 rings (SSSR count). The number of nitrogens with zero attached hydrogens (tertiary/aromatic N) is 2. The highest BCUT2D eigenvalue weighted by Crippen LogP contribution is 1.96. The van der Waals surface area contributed by atoms with Gasteiger partial charge in [0.1, 0.15) is 18.2 Å². The van der Waals surface area contributed by atoms with Gasteiger partial charge in [0, 0.05) is 12.7 Å². The van der Waals surface area contributed by atoms with Crippen LogP contribution in [0.2, 0.25) is 5.15 Å². The van der Waals surface area contributed by atoms with Crippen LogP contribution in [0.5, 0.6) is 0 Å². The number of rotatable bonds is 3. The molecule has 0 aromatic carbocycles. The summed E-state index contributed by atoms with van der Waals surface area (Å²) in [6, 6.07) is 1.25. The van der Waals surface area contributed by atoms with Gasteiger partial charge in [-0.05, 0) is 6.92 Å². The molecule has 1 heterocycles. The second-order valence-corrected chi connectivity index (χ2v) is 2.53. The van der Waals surface area contributed by atoms with Crippen LogP contribution in [0.1, 0.15) is 6.92 Å². The van der Waals surface area contributed by atoms with Crippen molar-refractivity contribution in [2.75, 3.05) is 6.61 Å². The summed E-state index contributed by atoms with van der Waals surface area (Å²) in [5.74, 6) is 0. The number of ether oxygens (including phenoxy) is 1. The monoisotopic (exact) mass is 188 g/mol. The lowest BCUT2D eigenvalue weighted by Gasteiger charge is -2.03. The van der Waals surface area contributed by atoms with E-state index >= 15 is 0 Å². The summed E-state index contributed by atoms with van der Waals surface area (Å²) in [5.41, 5.74) is -0.205. The van der Waals surface area contributed by atoms with Crippen molar-refractivity contribution in [3.63, 3.8) is 0 Å². The highest BCUT2D eigenvalue weighted by atomic mass is 35.5. The van der Waals surface area contributed by atoms with Crippen molar-refractivity contribution in [1.29, 1.82) is 0 Å². The lowest BCUT2D eigenvalue weighted by molar-refractivity contribution is 0.0846. The van der Waals surface area contributed by atoms with Gasteiger partial charge in [0.25, 0.3) is 5.56 Å². The topological polar surface area (TPSA) is 44.1 Å². The lowest BCUT2D eigenvalue weighted by Crippen LogP contribution is -2.20. The predicted molar refractivity (Wildman–Crippen MR) is 45.1 cm³/mol. The molecule has 0 saturated heterocycles. The minimum Gasteiger partial charge on any atom is -0.361 e. The molecule has 0 atom stereocenters. The van der Waals surface area contributed by atoms with E-state index in [2.05, 4.69) is 4.98 Å². The maximum Gasteiger partial charge on any atom is 0.256 e. The number of hydrogen-bond acceptors (Lipinski definition) is 3. The van der Waals surface area contributed by atoms with Crippen molar-refractivity contribution < 1.29 is 4.74 Å². The van der Waals surface area contributed by atoms with E-state index in [1.165, 1.54) is 17.0 Å². The lowest BCUT2D eigenvalue weighted by atomic mass is 10.6. The first-order valence-corrected chi connectivity index (χ1v) is 3.91. The molecule has 0 unspecified atom stereocenters. The first-order valence-electron chi connectivity index (χ1n) is 3.53. The van der Waals surface area contributed by atoms with Gasteiger partial charge in [0.15, 0.2) is 0 Å². The molecule has 66 valence electrons. The largest absolute Gasteiger partial charge is 0.361 e. The van der Waals surface area contributed by atoms with Crippen LogP contribution in [-0.4, -0.2) is 16.2 Å². The van der Waals surface area contributed by atoms with Crippen molar-refractivity contribution >= 4 is 11.6 Å². The third-order valence-electron chi connectivity index (χ3n) is 1.28. The van der Waals surface area contributed by atoms with E-state index in [1.54, 1.807) is 0 Å². The minimum atomic E-state index is -0.205. The zero-order valence-corrected chi connectivity index (χ0v) is 7.41. The second-order valence-electron chi connectivity index (χ2n) is 2.14. The number of aromatic nitrogens is 2. The van der Waals surface area contributed by atoms with Crippen molar-refractivity contribution in [3.8, 4) is 0 Å². The molecule has 0 fully saturated rings. The van der Waals surface area contributed by atoms with Crippen LogP contribution in [0.25, 0.3) is 0 Å². The van der Waals surface area contributed by atoms with Gasteiger partial charge in [-0.15, -0.1) is 0 Å². The van der Waals surface area contributed by atoms with Crippen LogP contribution in [0, 0.1) is 0 Å². The van der Waals surface area contributed by atoms with Gasteiger partial charge in [0.2, 0.25) is 0 Å². The Morgan fingerprint density at radius 1 is 1.75 bits per heavy atom. The Balaban J connectivity index is 2.80. The van der Waals surface area contributed by atoms with E-state index in [9.17, 15) is 4.79 Å². The third-order valence-corrected chi connectivity index (χ3v) is 1.49. The van der Waals surface area contributed by atoms with E-state index in [1.807, 2.05) is 6.92 Å². The van der Waals surface area contributed by atoms with Crippen LogP contribution in [0.3, 0.4) is 0 Å². The van der Waals surface area contributed by atoms with E-state index < -0.39 is 0 Å². The molecule has 1 aromatic heterocycles. The molecule has 0 amide bonds. The van der Waals surface area contributed by atoms with Gasteiger partial charge in [-0.2, -0.15) is 0 Å². The van der Waals surface area contributed by atoms with E-state index in [0.717, 1.165) is 0 Å². The molecule has 0 N–H and O–H groups in total. The summed E-state index contributed by atoms with van der Waals surface area (Å²) in [5, 5.41) is 0.202. The van der Waals surface area contributed by atoms with E-state index in [4.69, 9.17) is 16.3 Å². The summed E-state index contributed by atoms with van der Waals surface area (Å²) in [7, 11) is 0. The Bertz CT molecular complexity index is 311. The zero-order valence-electron chi connectivity index (χ0n) is 6.66. The van der Waals surface area contributed by atoms with E-state index in [-0.39, 0.29) is 17.4 Å². The van der Waals surface area contributed by atoms with Crippen LogP contribution < -0.4 is 5.56 Å². The maximum atomic E-state index is 11.1. The molecule has 4 nitrogen and oxygen atoms in total. The molecule has 5 heteroatoms. The Morgan fingerprint density at radius 3 is 3.08 bits per heavy atom. The molecule has 0 spiro atoms. The maximum absolute atomic E-state index is 11.1. The molecule has 1 aromatic rings. The second kappa shape index (κ2) is 4.23. The van der Waals surface area contributed by atoms with Gasteiger partial charge in [-0.1, -0.05) is 11.6 Å². The summed E-state index contributed by atoms with van der Waals surface area (Å²) in [4.78, 5) is 14.8. The van der Waals surface area contributed by atoms with Gasteiger partial charge in [0.05, 0.1) is 0 Å². The fourth-order valence-electron chi connectivity index (χ4n) is 0.690. The highest BCUT2D eigenvalue weighted by molar-refractivity contribution is 6.29. The average molecular weight is 189 g/mol. The smallest absolute Gasteiger partial charge is 0.256 e. The standard InChI is InChI=1S/C7H9ClN2O2/c1-2-12-5-10-4-9-6(8)3-7(10)11/h3-4H,2,5H2,1H3. The molecule has 0 radical (unpaired) electrons. The van der Waals surface area contributed by atoms with E-state index in [0.29, 0.717) is 6.61 Å². The molecular weight excluding hydrogens is 180 g/mol. The van der Waals surface area contributed by atoms with Crippen LogP contribution in [0.15, 0.2) is 17.2 Å². The summed E-state index contributed by atoms with van der Waals surface area (Å²) >= 11 is 5.49. The molecule has 0 aliphatic carbocycles. The third kappa shape index (κ3) is 2.32. The Kier molecular flexibility index (Phi) is 3.25. The SMILES string of the molecule is CCOCn1cnc(Cl)cc1=O. The summed E-state index contributed by atoms with van der Waals surface area (Å²) in [6.45, 7) is 2.64. The fraction of sp³-hybridized carbons (Fsp3) is 0.429. The summed E-state index contributed by atoms with van der Waals surface area (Å²) < 4.78 is 6.36. The molecule has 0 aliphatic heterocycles. The molecule has 12 heavy (non-hydrogen) atoms. The quantitative estimate of drug-likeness (QED) is 0.662. The van der Waals surface area contributed by atoms with Crippen LogP contribution >= 0.6 is 11.6 Å². The molecular formula is C7H9ClN2O2. The van der Waals surface area contributed by atoms with Crippen LogP contribution in [-0.2, 0) is 11.5 Å². The number of hydrogen-bond donors (Lipinski definition) is 0. The highest BCUT2D eigenvalue weighted by Gasteiger charge is 1.96. The Hall–Kier alpha value is -0.870. The van der Waals surface area contributed by atoms with Crippen molar-refractivity contribution in [3.05, 3.63) is 27.9 Å².